The summed E-state index contributed by atoms with van der Waals surface area (Å²) in [4.78, 5) is 0.184. The van der Waals surface area contributed by atoms with E-state index in [0.717, 1.165) is 9.82 Å². The van der Waals surface area contributed by atoms with Crippen molar-refractivity contribution in [2.75, 3.05) is 13.1 Å². The van der Waals surface area contributed by atoms with Crippen molar-refractivity contribution in [1.29, 1.82) is 0 Å². The second-order valence-corrected chi connectivity index (χ2v) is 6.94. The van der Waals surface area contributed by atoms with Crippen LogP contribution in [0.2, 0.25) is 0 Å². The van der Waals surface area contributed by atoms with E-state index in [4.69, 9.17) is 0 Å². The molecule has 0 spiro atoms. The van der Waals surface area contributed by atoms with E-state index in [2.05, 4.69) is 0 Å². The van der Waals surface area contributed by atoms with Crippen LogP contribution in [0, 0.1) is 5.92 Å². The Balaban J connectivity index is 1.99. The highest BCUT2D eigenvalue weighted by Gasteiger charge is 2.42. The van der Waals surface area contributed by atoms with Crippen molar-refractivity contribution in [2.24, 2.45) is 13.0 Å². The highest BCUT2D eigenvalue weighted by molar-refractivity contribution is 7.89. The molecule has 0 aliphatic carbocycles. The monoisotopic (exact) mass is 300 g/mol. The minimum Gasteiger partial charge on any atom is -0.349 e. The van der Waals surface area contributed by atoms with Gasteiger partial charge in [-0.25, -0.2) is 17.2 Å². The predicted molar refractivity (Wildman–Crippen MR) is 71.2 cm³/mol. The van der Waals surface area contributed by atoms with Crippen molar-refractivity contribution in [3.05, 3.63) is 30.5 Å². The maximum atomic E-state index is 12.5. The summed E-state index contributed by atoms with van der Waals surface area (Å²) >= 11 is 0. The Labute approximate surface area is 115 Å². The molecule has 1 aromatic heterocycles. The van der Waals surface area contributed by atoms with Crippen LogP contribution in [0.4, 0.5) is 8.78 Å². The lowest BCUT2D eigenvalue weighted by Crippen LogP contribution is -2.52. The number of halogens is 2. The molecule has 0 radical (unpaired) electrons. The van der Waals surface area contributed by atoms with Gasteiger partial charge < -0.3 is 4.57 Å². The van der Waals surface area contributed by atoms with E-state index in [1.807, 2.05) is 12.1 Å². The Morgan fingerprint density at radius 1 is 1.25 bits per heavy atom. The molecule has 4 nitrogen and oxygen atoms in total. The molecule has 20 heavy (non-hydrogen) atoms. The number of rotatable bonds is 3. The SMILES string of the molecule is Cn1cc(S(=O)(=O)N2CC(C(F)F)C2)c2ccccc21. The van der Waals surface area contributed by atoms with Gasteiger partial charge in [0.05, 0.1) is 0 Å². The van der Waals surface area contributed by atoms with Crippen LogP contribution in [-0.2, 0) is 17.1 Å². The van der Waals surface area contributed by atoms with E-state index in [-0.39, 0.29) is 18.0 Å². The number of benzene rings is 1. The first-order chi connectivity index (χ1) is 9.41. The van der Waals surface area contributed by atoms with Crippen LogP contribution in [0.5, 0.6) is 0 Å². The lowest BCUT2D eigenvalue weighted by Gasteiger charge is -2.37. The summed E-state index contributed by atoms with van der Waals surface area (Å²) in [5, 5.41) is 0.621. The molecule has 2 heterocycles. The number of para-hydroxylation sites is 1. The first-order valence-electron chi connectivity index (χ1n) is 6.23. The fourth-order valence-electron chi connectivity index (χ4n) is 2.47. The van der Waals surface area contributed by atoms with E-state index < -0.39 is 22.4 Å². The molecule has 2 aromatic rings. The highest BCUT2D eigenvalue weighted by atomic mass is 32.2. The first kappa shape index (κ1) is 13.5. The smallest absolute Gasteiger partial charge is 0.245 e. The summed E-state index contributed by atoms with van der Waals surface area (Å²) in [5.74, 6) is -0.847. The first-order valence-corrected chi connectivity index (χ1v) is 7.67. The summed E-state index contributed by atoms with van der Waals surface area (Å²) in [7, 11) is -1.93. The van der Waals surface area contributed by atoms with Crippen LogP contribution in [0.3, 0.4) is 0 Å². The zero-order valence-corrected chi connectivity index (χ0v) is 11.6. The van der Waals surface area contributed by atoms with Crippen LogP contribution >= 0.6 is 0 Å². The zero-order valence-electron chi connectivity index (χ0n) is 10.8. The van der Waals surface area contributed by atoms with Crippen molar-refractivity contribution in [2.45, 2.75) is 11.3 Å². The van der Waals surface area contributed by atoms with Gasteiger partial charge >= 0.3 is 0 Å². The normalized spacial score (nSPS) is 17.8. The molecule has 108 valence electrons. The maximum Gasteiger partial charge on any atom is 0.245 e. The average Bonchev–Trinajstić information content (AvgIpc) is 2.65. The summed E-state index contributed by atoms with van der Waals surface area (Å²) in [6, 6.07) is 7.15. The second kappa shape index (κ2) is 4.53. The molecule has 0 N–H and O–H groups in total. The molecular formula is C13H14F2N2O2S. The van der Waals surface area contributed by atoms with Crippen LogP contribution < -0.4 is 0 Å². The maximum absolute atomic E-state index is 12.5. The Morgan fingerprint density at radius 2 is 1.90 bits per heavy atom. The summed E-state index contributed by atoms with van der Waals surface area (Å²) in [5.41, 5.74) is 0.803. The molecule has 0 amide bonds. The Morgan fingerprint density at radius 3 is 2.55 bits per heavy atom. The van der Waals surface area contributed by atoms with Gasteiger partial charge in [0.2, 0.25) is 16.4 Å². The van der Waals surface area contributed by atoms with Crippen LogP contribution in [0.15, 0.2) is 35.4 Å². The van der Waals surface area contributed by atoms with Crippen molar-refractivity contribution in [1.82, 2.24) is 8.87 Å². The lowest BCUT2D eigenvalue weighted by molar-refractivity contribution is 0.0123. The Kier molecular flexibility index (Phi) is 3.06. The van der Waals surface area contributed by atoms with E-state index in [1.165, 1.54) is 6.20 Å². The minimum atomic E-state index is -3.70. The third kappa shape index (κ3) is 1.92. The number of fused-ring (bicyclic) bond motifs is 1. The highest BCUT2D eigenvalue weighted by Crippen LogP contribution is 2.32. The third-order valence-corrected chi connectivity index (χ3v) is 5.57. The number of hydrogen-bond donors (Lipinski definition) is 0. The third-order valence-electron chi connectivity index (χ3n) is 3.71. The van der Waals surface area contributed by atoms with Gasteiger partial charge in [-0.2, -0.15) is 4.31 Å². The molecule has 7 heteroatoms. The summed E-state index contributed by atoms with van der Waals surface area (Å²) < 4.78 is 52.8. The van der Waals surface area contributed by atoms with Gasteiger partial charge in [-0.3, -0.25) is 0 Å². The van der Waals surface area contributed by atoms with Crippen molar-refractivity contribution < 1.29 is 17.2 Å². The van der Waals surface area contributed by atoms with Crippen LogP contribution in [0.1, 0.15) is 0 Å². The van der Waals surface area contributed by atoms with E-state index in [0.29, 0.717) is 5.39 Å². The van der Waals surface area contributed by atoms with Crippen LogP contribution in [-0.4, -0.2) is 36.8 Å². The second-order valence-electron chi connectivity index (χ2n) is 5.04. The van der Waals surface area contributed by atoms with Gasteiger partial charge in [0.1, 0.15) is 4.90 Å². The van der Waals surface area contributed by atoms with Crippen molar-refractivity contribution >= 4 is 20.9 Å². The molecule has 0 saturated carbocycles. The topological polar surface area (TPSA) is 42.3 Å². The summed E-state index contributed by atoms with van der Waals surface area (Å²) in [6.07, 6.45) is -0.927. The fourth-order valence-corrected chi connectivity index (χ4v) is 4.27. The lowest BCUT2D eigenvalue weighted by atomic mass is 10.1. The van der Waals surface area contributed by atoms with Gasteiger partial charge in [0.15, 0.2) is 0 Å². The van der Waals surface area contributed by atoms with Crippen LogP contribution in [0.25, 0.3) is 10.9 Å². The van der Waals surface area contributed by atoms with E-state index in [1.54, 1.807) is 23.7 Å². The molecule has 1 aliphatic rings. The van der Waals surface area contributed by atoms with Gasteiger partial charge in [-0.15, -0.1) is 0 Å². The van der Waals surface area contributed by atoms with Gasteiger partial charge in [-0.1, -0.05) is 18.2 Å². The molecule has 0 atom stereocenters. The average molecular weight is 300 g/mol. The number of hydrogen-bond acceptors (Lipinski definition) is 2. The molecule has 3 rings (SSSR count). The van der Waals surface area contributed by atoms with Crippen molar-refractivity contribution in [3.63, 3.8) is 0 Å². The molecular weight excluding hydrogens is 286 g/mol. The largest absolute Gasteiger partial charge is 0.349 e. The standard InChI is InChI=1S/C13H14F2N2O2S/c1-16-8-12(10-4-2-3-5-11(10)16)20(18,19)17-6-9(7-17)13(14)15/h2-5,8-9,13H,6-7H2,1H3. The molecule has 0 bridgehead atoms. The molecule has 0 unspecified atom stereocenters. The quantitative estimate of drug-likeness (QED) is 0.871. The molecule has 1 saturated heterocycles. The Bertz CT molecular complexity index is 749. The number of sulfonamides is 1. The predicted octanol–water partition coefficient (Wildman–Crippen LogP) is 2.06. The van der Waals surface area contributed by atoms with Gasteiger partial charge in [0.25, 0.3) is 0 Å². The number of nitrogens with zero attached hydrogens (tertiary/aromatic N) is 2. The number of alkyl halides is 2. The molecule has 1 fully saturated rings. The minimum absolute atomic E-state index is 0.108. The molecule has 1 aliphatic heterocycles. The van der Waals surface area contributed by atoms with E-state index in [9.17, 15) is 17.2 Å². The summed E-state index contributed by atoms with van der Waals surface area (Å²) in [6.45, 7) is -0.216. The van der Waals surface area contributed by atoms with Gasteiger partial charge in [-0.05, 0) is 6.07 Å². The number of aromatic nitrogens is 1. The Hall–Kier alpha value is -1.47. The van der Waals surface area contributed by atoms with E-state index >= 15 is 0 Å². The number of aryl methyl sites for hydroxylation is 1. The fraction of sp³-hybridized carbons (Fsp3) is 0.385. The van der Waals surface area contributed by atoms with Crippen molar-refractivity contribution in [3.8, 4) is 0 Å². The van der Waals surface area contributed by atoms with Gasteiger partial charge in [0, 0.05) is 43.2 Å². The zero-order chi connectivity index (χ0) is 14.5. The molecule has 1 aromatic carbocycles.